The topological polar surface area (TPSA) is 43.8 Å². The first kappa shape index (κ1) is 14.2. The molecule has 0 amide bonds. The lowest BCUT2D eigenvalue weighted by Crippen LogP contribution is -2.05. The van der Waals surface area contributed by atoms with Crippen LogP contribution < -0.4 is 5.73 Å². The fourth-order valence-electron chi connectivity index (χ4n) is 1.97. The molecule has 2 rings (SSSR count). The molecule has 1 heterocycles. The van der Waals surface area contributed by atoms with Crippen LogP contribution >= 0.6 is 27.5 Å². The van der Waals surface area contributed by atoms with E-state index in [0.717, 1.165) is 28.0 Å². The van der Waals surface area contributed by atoms with Crippen LogP contribution in [0.5, 0.6) is 0 Å². The van der Waals surface area contributed by atoms with Crippen molar-refractivity contribution in [1.82, 2.24) is 9.55 Å². The zero-order valence-electron chi connectivity index (χ0n) is 10.7. The molecule has 0 spiro atoms. The highest BCUT2D eigenvalue weighted by Gasteiger charge is 2.15. The largest absolute Gasteiger partial charge is 0.383 e. The van der Waals surface area contributed by atoms with Gasteiger partial charge in [0.25, 0.3) is 0 Å². The maximum atomic E-state index is 6.18. The number of benzene rings is 1. The van der Waals surface area contributed by atoms with Crippen molar-refractivity contribution in [2.45, 2.75) is 19.9 Å². The van der Waals surface area contributed by atoms with Crippen LogP contribution in [0, 0.1) is 0 Å². The molecule has 1 aromatic carbocycles. The van der Waals surface area contributed by atoms with E-state index in [-0.39, 0.29) is 0 Å². The first-order valence-electron chi connectivity index (χ1n) is 5.99. The molecule has 0 atom stereocenters. The fourth-order valence-corrected chi connectivity index (χ4v) is 2.40. The number of nitrogen functional groups attached to an aromatic ring is 1. The van der Waals surface area contributed by atoms with Crippen LogP contribution in [0.15, 0.2) is 35.3 Å². The second kappa shape index (κ2) is 5.80. The summed E-state index contributed by atoms with van der Waals surface area (Å²) in [5.41, 5.74) is 7.87. The summed E-state index contributed by atoms with van der Waals surface area (Å²) in [6.07, 6.45) is 2.64. The van der Waals surface area contributed by atoms with E-state index in [1.807, 2.05) is 28.8 Å². The van der Waals surface area contributed by atoms with Crippen molar-refractivity contribution in [3.05, 3.63) is 46.2 Å². The van der Waals surface area contributed by atoms with E-state index in [9.17, 15) is 0 Å². The summed E-state index contributed by atoms with van der Waals surface area (Å²) in [4.78, 5) is 4.60. The maximum absolute atomic E-state index is 6.18. The van der Waals surface area contributed by atoms with Gasteiger partial charge in [-0.1, -0.05) is 30.7 Å². The van der Waals surface area contributed by atoms with Crippen molar-refractivity contribution >= 4 is 33.3 Å². The Hall–Kier alpha value is -1.26. The highest BCUT2D eigenvalue weighted by atomic mass is 79.9. The average molecular weight is 341 g/mol. The minimum absolute atomic E-state index is 0.646. The van der Waals surface area contributed by atoms with Gasteiger partial charge in [0.2, 0.25) is 0 Å². The van der Waals surface area contributed by atoms with Gasteiger partial charge >= 0.3 is 0 Å². The lowest BCUT2D eigenvalue weighted by molar-refractivity contribution is 0.757. The molecule has 2 aromatic rings. The minimum atomic E-state index is 0.646. The summed E-state index contributed by atoms with van der Waals surface area (Å²) < 4.78 is 2.83. The van der Waals surface area contributed by atoms with Gasteiger partial charge in [-0.2, -0.15) is 0 Å². The summed E-state index contributed by atoms with van der Waals surface area (Å²) in [6, 6.07) is 5.71. The molecule has 0 bridgehead atoms. The zero-order chi connectivity index (χ0) is 14.0. The smallest absolute Gasteiger partial charge is 0.132 e. The molecule has 2 N–H and O–H groups in total. The van der Waals surface area contributed by atoms with E-state index < -0.39 is 0 Å². The summed E-state index contributed by atoms with van der Waals surface area (Å²) in [5.74, 6) is 1.60. The van der Waals surface area contributed by atoms with Crippen LogP contribution in [0.4, 0.5) is 5.82 Å². The molecular formula is C14H15BrClN3. The van der Waals surface area contributed by atoms with Gasteiger partial charge in [-0.3, -0.25) is 0 Å². The van der Waals surface area contributed by atoms with Crippen LogP contribution in [-0.4, -0.2) is 9.55 Å². The van der Waals surface area contributed by atoms with Crippen molar-refractivity contribution in [2.75, 3.05) is 5.73 Å². The third-order valence-electron chi connectivity index (χ3n) is 2.91. The maximum Gasteiger partial charge on any atom is 0.132 e. The van der Waals surface area contributed by atoms with E-state index in [1.165, 1.54) is 0 Å². The third kappa shape index (κ3) is 2.69. The van der Waals surface area contributed by atoms with Crippen LogP contribution in [-0.2, 0) is 13.0 Å². The van der Waals surface area contributed by atoms with Gasteiger partial charge in [0.05, 0.1) is 5.02 Å². The number of rotatable bonds is 4. The van der Waals surface area contributed by atoms with Gasteiger partial charge in [-0.15, -0.1) is 6.58 Å². The van der Waals surface area contributed by atoms with Crippen LogP contribution in [0.2, 0.25) is 5.02 Å². The number of nitrogens with zero attached hydrogens (tertiary/aromatic N) is 2. The van der Waals surface area contributed by atoms with Gasteiger partial charge < -0.3 is 10.3 Å². The molecule has 5 heteroatoms. The van der Waals surface area contributed by atoms with E-state index in [1.54, 1.807) is 0 Å². The Kier molecular flexibility index (Phi) is 4.32. The molecule has 3 nitrogen and oxygen atoms in total. The Morgan fingerprint density at radius 1 is 1.53 bits per heavy atom. The summed E-state index contributed by atoms with van der Waals surface area (Å²) in [6.45, 7) is 6.46. The molecule has 0 radical (unpaired) electrons. The Morgan fingerprint density at radius 2 is 2.26 bits per heavy atom. The number of hydrogen-bond acceptors (Lipinski definition) is 2. The van der Waals surface area contributed by atoms with E-state index in [0.29, 0.717) is 17.4 Å². The van der Waals surface area contributed by atoms with Gasteiger partial charge in [0, 0.05) is 23.0 Å². The van der Waals surface area contributed by atoms with E-state index >= 15 is 0 Å². The van der Waals surface area contributed by atoms with Crippen LogP contribution in [0.25, 0.3) is 11.3 Å². The number of aromatic nitrogens is 2. The molecule has 0 aliphatic heterocycles. The van der Waals surface area contributed by atoms with Crippen molar-refractivity contribution in [2.24, 2.45) is 0 Å². The fraction of sp³-hybridized carbons (Fsp3) is 0.214. The van der Waals surface area contributed by atoms with Crippen molar-refractivity contribution in [1.29, 1.82) is 0 Å². The Balaban J connectivity index is 2.55. The van der Waals surface area contributed by atoms with Crippen molar-refractivity contribution in [3.8, 4) is 11.3 Å². The molecule has 0 fully saturated rings. The predicted molar refractivity (Wildman–Crippen MR) is 84.4 cm³/mol. The van der Waals surface area contributed by atoms with Gasteiger partial charge in [-0.25, -0.2) is 4.98 Å². The Morgan fingerprint density at radius 3 is 2.84 bits per heavy atom. The highest BCUT2D eigenvalue weighted by Crippen LogP contribution is 2.32. The average Bonchev–Trinajstić information content (AvgIpc) is 2.71. The normalized spacial score (nSPS) is 10.7. The van der Waals surface area contributed by atoms with E-state index in [4.69, 9.17) is 17.3 Å². The number of anilines is 1. The number of aryl methyl sites for hydroxylation is 1. The van der Waals surface area contributed by atoms with Crippen LogP contribution in [0.3, 0.4) is 0 Å². The number of hydrogen-bond donors (Lipinski definition) is 1. The van der Waals surface area contributed by atoms with Crippen LogP contribution in [0.1, 0.15) is 12.7 Å². The second-order valence-corrected chi connectivity index (χ2v) is 5.41. The minimum Gasteiger partial charge on any atom is -0.383 e. The lowest BCUT2D eigenvalue weighted by Gasteiger charge is -2.05. The molecule has 1 aromatic heterocycles. The molecule has 0 aliphatic rings. The SMILES string of the molecule is C=CCn1c(CC)nc(-c2ccc(Br)c(Cl)c2)c1N. The predicted octanol–water partition coefficient (Wildman–Crippen LogP) is 4.30. The van der Waals surface area contributed by atoms with Crippen molar-refractivity contribution < 1.29 is 0 Å². The number of imidazole rings is 1. The summed E-state index contributed by atoms with van der Waals surface area (Å²) >= 11 is 9.50. The van der Waals surface area contributed by atoms with Gasteiger partial charge in [-0.05, 0) is 28.1 Å². The molecule has 0 saturated carbocycles. The molecule has 0 saturated heterocycles. The Bertz CT molecular complexity index is 619. The second-order valence-electron chi connectivity index (χ2n) is 4.14. The molecular weight excluding hydrogens is 326 g/mol. The molecule has 0 aliphatic carbocycles. The molecule has 100 valence electrons. The summed E-state index contributed by atoms with van der Waals surface area (Å²) in [7, 11) is 0. The highest BCUT2D eigenvalue weighted by molar-refractivity contribution is 9.10. The Labute approximate surface area is 126 Å². The van der Waals surface area contributed by atoms with E-state index in [2.05, 4.69) is 34.4 Å². The first-order valence-corrected chi connectivity index (χ1v) is 7.16. The van der Waals surface area contributed by atoms with Crippen molar-refractivity contribution in [3.63, 3.8) is 0 Å². The lowest BCUT2D eigenvalue weighted by atomic mass is 10.1. The number of halogens is 2. The first-order chi connectivity index (χ1) is 9.08. The zero-order valence-corrected chi connectivity index (χ0v) is 13.0. The third-order valence-corrected chi connectivity index (χ3v) is 4.14. The quantitative estimate of drug-likeness (QED) is 0.843. The summed E-state index contributed by atoms with van der Waals surface area (Å²) in [5, 5.41) is 0.646. The standard InChI is InChI=1S/C14H15BrClN3/c1-3-7-19-12(4-2)18-13(14(19)17)9-5-6-10(15)11(16)8-9/h3,5-6,8H,1,4,7,17H2,2H3. The molecule has 19 heavy (non-hydrogen) atoms. The monoisotopic (exact) mass is 339 g/mol. The number of allylic oxidation sites excluding steroid dienone is 1. The number of nitrogens with two attached hydrogens (primary N) is 1. The molecule has 0 unspecified atom stereocenters. The van der Waals surface area contributed by atoms with Gasteiger partial charge in [0.1, 0.15) is 17.3 Å². The van der Waals surface area contributed by atoms with Gasteiger partial charge in [0.15, 0.2) is 0 Å².